The summed E-state index contributed by atoms with van der Waals surface area (Å²) in [5, 5.41) is 5.73. The molecule has 1 saturated carbocycles. The van der Waals surface area contributed by atoms with E-state index in [9.17, 15) is 0 Å². The van der Waals surface area contributed by atoms with Crippen molar-refractivity contribution in [2.45, 2.75) is 38.1 Å². The lowest BCUT2D eigenvalue weighted by atomic mass is 9.91. The molecule has 0 radical (unpaired) electrons. The Morgan fingerprint density at radius 1 is 1.38 bits per heavy atom. The van der Waals surface area contributed by atoms with Crippen LogP contribution >= 0.6 is 11.3 Å². The molecule has 6 heteroatoms. The van der Waals surface area contributed by atoms with Crippen molar-refractivity contribution in [3.05, 3.63) is 11.9 Å². The number of piperidine rings is 1. The second kappa shape index (κ2) is 4.72. The van der Waals surface area contributed by atoms with Crippen LogP contribution in [0.25, 0.3) is 4.96 Å². The average Bonchev–Trinajstić information content (AvgIpc) is 3.05. The second-order valence-electron chi connectivity index (χ2n) is 6.41. The molecule has 21 heavy (non-hydrogen) atoms. The highest BCUT2D eigenvalue weighted by atomic mass is 32.1. The number of rotatable bonds is 1. The Bertz CT molecular complexity index is 718. The van der Waals surface area contributed by atoms with Crippen LogP contribution in [0, 0.1) is 17.8 Å². The first-order chi connectivity index (χ1) is 10.1. The highest BCUT2D eigenvalue weighted by Crippen LogP contribution is 2.29. The van der Waals surface area contributed by atoms with Crippen LogP contribution in [0.1, 0.15) is 38.3 Å². The minimum absolute atomic E-state index is 0.0329. The predicted octanol–water partition coefficient (Wildman–Crippen LogP) is 1.87. The van der Waals surface area contributed by atoms with Gasteiger partial charge in [0.1, 0.15) is 5.69 Å². The first kappa shape index (κ1) is 13.1. The maximum Gasteiger partial charge on any atom is 0.215 e. The number of fused-ring (bicyclic) bond motifs is 1. The Hall–Kier alpha value is -1.58. The minimum Gasteiger partial charge on any atom is -0.347 e. The second-order valence-corrected chi connectivity index (χ2v) is 7.34. The van der Waals surface area contributed by atoms with Gasteiger partial charge >= 0.3 is 0 Å². The SMILES string of the molecule is CC1(N)CCN(c2nn3c(C#CC4CC4)cnc3s2)CC1. The lowest BCUT2D eigenvalue weighted by Gasteiger charge is -2.36. The largest absolute Gasteiger partial charge is 0.347 e. The number of hydrogen-bond acceptors (Lipinski definition) is 5. The van der Waals surface area contributed by atoms with Gasteiger partial charge in [-0.15, -0.1) is 5.10 Å². The third-order valence-electron chi connectivity index (χ3n) is 4.23. The Morgan fingerprint density at radius 3 is 2.86 bits per heavy atom. The molecule has 0 amide bonds. The molecule has 110 valence electrons. The van der Waals surface area contributed by atoms with Gasteiger partial charge in [-0.2, -0.15) is 4.52 Å². The van der Waals surface area contributed by atoms with Crippen LogP contribution in [0.15, 0.2) is 6.20 Å². The molecule has 0 unspecified atom stereocenters. The van der Waals surface area contributed by atoms with Gasteiger partial charge in [0.2, 0.25) is 10.1 Å². The molecule has 2 fully saturated rings. The third kappa shape index (κ3) is 2.63. The zero-order valence-corrected chi connectivity index (χ0v) is 13.0. The molecule has 2 aliphatic rings. The standard InChI is InChI=1S/C15H19N5S/c1-15(16)6-8-19(9-7-15)14-18-20-12(5-4-11-2-3-11)10-17-13(20)21-14/h10-11H,2-3,6-9,16H2,1H3. The summed E-state index contributed by atoms with van der Waals surface area (Å²) in [6, 6.07) is 0. The van der Waals surface area contributed by atoms with Gasteiger partial charge in [-0.1, -0.05) is 17.3 Å². The molecule has 0 aromatic carbocycles. The molecule has 0 spiro atoms. The summed E-state index contributed by atoms with van der Waals surface area (Å²) in [7, 11) is 0. The molecule has 0 atom stereocenters. The van der Waals surface area contributed by atoms with E-state index in [0.29, 0.717) is 5.92 Å². The van der Waals surface area contributed by atoms with Crippen LogP contribution in [-0.4, -0.2) is 33.2 Å². The van der Waals surface area contributed by atoms with E-state index in [4.69, 9.17) is 10.8 Å². The van der Waals surface area contributed by atoms with E-state index in [0.717, 1.165) is 41.7 Å². The van der Waals surface area contributed by atoms with Crippen molar-refractivity contribution in [1.82, 2.24) is 14.6 Å². The summed E-state index contributed by atoms with van der Waals surface area (Å²) in [5.74, 6) is 7.08. The fourth-order valence-electron chi connectivity index (χ4n) is 2.51. The molecule has 3 heterocycles. The zero-order chi connectivity index (χ0) is 14.4. The molecule has 1 aliphatic heterocycles. The molecule has 2 aromatic rings. The van der Waals surface area contributed by atoms with Crippen LogP contribution in [0.2, 0.25) is 0 Å². The summed E-state index contributed by atoms with van der Waals surface area (Å²) in [6.07, 6.45) is 6.31. The molecule has 5 nitrogen and oxygen atoms in total. The van der Waals surface area contributed by atoms with E-state index >= 15 is 0 Å². The lowest BCUT2D eigenvalue weighted by Crippen LogP contribution is -2.48. The molecule has 2 N–H and O–H groups in total. The van der Waals surface area contributed by atoms with Crippen molar-refractivity contribution in [1.29, 1.82) is 0 Å². The average molecular weight is 301 g/mol. The Morgan fingerprint density at radius 2 is 2.14 bits per heavy atom. The van der Waals surface area contributed by atoms with E-state index in [2.05, 4.69) is 28.6 Å². The molecule has 1 aliphatic carbocycles. The van der Waals surface area contributed by atoms with Crippen LogP contribution < -0.4 is 10.6 Å². The van der Waals surface area contributed by atoms with Crippen molar-refractivity contribution in [3.63, 3.8) is 0 Å². The molecular weight excluding hydrogens is 282 g/mol. The predicted molar refractivity (Wildman–Crippen MR) is 84.5 cm³/mol. The number of imidazole rings is 1. The van der Waals surface area contributed by atoms with Crippen LogP contribution in [-0.2, 0) is 0 Å². The summed E-state index contributed by atoms with van der Waals surface area (Å²) in [5.41, 5.74) is 7.06. The summed E-state index contributed by atoms with van der Waals surface area (Å²) in [6.45, 7) is 4.06. The van der Waals surface area contributed by atoms with Gasteiger partial charge in [0.25, 0.3) is 0 Å². The number of aromatic nitrogens is 3. The summed E-state index contributed by atoms with van der Waals surface area (Å²) in [4.78, 5) is 7.66. The van der Waals surface area contributed by atoms with Crippen molar-refractivity contribution >= 4 is 21.4 Å². The number of nitrogens with zero attached hydrogens (tertiary/aromatic N) is 4. The summed E-state index contributed by atoms with van der Waals surface area (Å²) >= 11 is 1.63. The van der Waals surface area contributed by atoms with Gasteiger partial charge in [-0.05, 0) is 38.5 Å². The first-order valence-electron chi connectivity index (χ1n) is 7.51. The Balaban J connectivity index is 1.58. The third-order valence-corrected chi connectivity index (χ3v) is 5.22. The Labute approximate surface area is 128 Å². The monoisotopic (exact) mass is 301 g/mol. The fraction of sp³-hybridized carbons (Fsp3) is 0.600. The fourth-order valence-corrected chi connectivity index (χ4v) is 3.44. The van der Waals surface area contributed by atoms with Crippen molar-refractivity contribution in [3.8, 4) is 11.8 Å². The first-order valence-corrected chi connectivity index (χ1v) is 8.32. The zero-order valence-electron chi connectivity index (χ0n) is 12.2. The maximum atomic E-state index is 6.19. The van der Waals surface area contributed by atoms with E-state index in [1.807, 2.05) is 10.7 Å². The van der Waals surface area contributed by atoms with Gasteiger partial charge in [0.15, 0.2) is 0 Å². The number of anilines is 1. The summed E-state index contributed by atoms with van der Waals surface area (Å²) < 4.78 is 1.88. The van der Waals surface area contributed by atoms with Crippen LogP contribution in [0.3, 0.4) is 0 Å². The van der Waals surface area contributed by atoms with Crippen LogP contribution in [0.4, 0.5) is 5.13 Å². The highest BCUT2D eigenvalue weighted by Gasteiger charge is 2.27. The van der Waals surface area contributed by atoms with Gasteiger partial charge in [-0.25, -0.2) is 4.98 Å². The van der Waals surface area contributed by atoms with E-state index in [1.165, 1.54) is 12.8 Å². The Kier molecular flexibility index (Phi) is 2.95. The quantitative estimate of drug-likeness (QED) is 0.817. The smallest absolute Gasteiger partial charge is 0.215 e. The van der Waals surface area contributed by atoms with Crippen molar-refractivity contribution in [2.24, 2.45) is 11.7 Å². The van der Waals surface area contributed by atoms with Crippen molar-refractivity contribution in [2.75, 3.05) is 18.0 Å². The molecule has 1 saturated heterocycles. The topological polar surface area (TPSA) is 59.5 Å². The molecule has 0 bridgehead atoms. The minimum atomic E-state index is -0.0329. The normalized spacial score (nSPS) is 21.3. The molecule has 2 aromatic heterocycles. The van der Waals surface area contributed by atoms with E-state index in [1.54, 1.807) is 11.3 Å². The maximum absolute atomic E-state index is 6.19. The van der Waals surface area contributed by atoms with Gasteiger partial charge in [-0.3, -0.25) is 0 Å². The van der Waals surface area contributed by atoms with E-state index in [-0.39, 0.29) is 5.54 Å². The molecule has 4 rings (SSSR count). The van der Waals surface area contributed by atoms with Crippen LogP contribution in [0.5, 0.6) is 0 Å². The molecular formula is C15H19N5S. The number of hydrogen-bond donors (Lipinski definition) is 1. The lowest BCUT2D eigenvalue weighted by molar-refractivity contribution is 0.363. The van der Waals surface area contributed by atoms with Gasteiger partial charge < -0.3 is 10.6 Å². The highest BCUT2D eigenvalue weighted by molar-refractivity contribution is 7.20. The number of nitrogens with two attached hydrogens (primary N) is 1. The van der Waals surface area contributed by atoms with Gasteiger partial charge in [0.05, 0.1) is 6.20 Å². The van der Waals surface area contributed by atoms with Gasteiger partial charge in [0, 0.05) is 24.5 Å². The van der Waals surface area contributed by atoms with E-state index < -0.39 is 0 Å². The van der Waals surface area contributed by atoms with Crippen molar-refractivity contribution < 1.29 is 0 Å².